The highest BCUT2D eigenvalue weighted by Gasteiger charge is 2.26. The van der Waals surface area contributed by atoms with Gasteiger partial charge >= 0.3 is 5.97 Å². The summed E-state index contributed by atoms with van der Waals surface area (Å²) in [5, 5.41) is 2.93. The van der Waals surface area contributed by atoms with Crippen LogP contribution in [0.2, 0.25) is 0 Å². The van der Waals surface area contributed by atoms with Gasteiger partial charge in [-0.15, -0.1) is 0 Å². The number of hydrogen-bond donors (Lipinski definition) is 1. The monoisotopic (exact) mass is 394 g/mol. The molecule has 1 heterocycles. The molecule has 1 saturated carbocycles. The van der Waals surface area contributed by atoms with Crippen LogP contribution in [0.15, 0.2) is 36.4 Å². The summed E-state index contributed by atoms with van der Waals surface area (Å²) in [4.78, 5) is 24.2. The number of amides is 1. The molecule has 1 aliphatic carbocycles. The Hall–Kier alpha value is -2.82. The van der Waals surface area contributed by atoms with Gasteiger partial charge in [-0.1, -0.05) is 36.8 Å². The lowest BCUT2D eigenvalue weighted by atomic mass is 10.0. The minimum atomic E-state index is -0.514. The molecule has 0 aliphatic heterocycles. The third kappa shape index (κ3) is 5.37. The van der Waals surface area contributed by atoms with Crippen LogP contribution in [0, 0.1) is 20.8 Å². The number of aromatic nitrogens is 1. The molecule has 1 N–H and O–H groups in total. The second-order valence-corrected chi connectivity index (χ2v) is 7.81. The van der Waals surface area contributed by atoms with E-state index >= 15 is 0 Å². The Kier molecular flexibility index (Phi) is 6.57. The van der Waals surface area contributed by atoms with E-state index in [-0.39, 0.29) is 18.6 Å². The van der Waals surface area contributed by atoms with E-state index in [0.29, 0.717) is 6.04 Å². The van der Waals surface area contributed by atoms with Gasteiger partial charge in [0.15, 0.2) is 6.61 Å². The number of benzene rings is 1. The van der Waals surface area contributed by atoms with E-state index in [1.165, 1.54) is 30.2 Å². The molecule has 1 amide bonds. The SMILES string of the molecule is CC[C@H](NC(=O)COC(=O)/C=C/c1cc(C)n(C2CC2)c1C)c1ccc(C)cc1. The number of ether oxygens (including phenoxy) is 1. The molecule has 0 unspecified atom stereocenters. The third-order valence-electron chi connectivity index (χ3n) is 5.40. The smallest absolute Gasteiger partial charge is 0.331 e. The van der Waals surface area contributed by atoms with Gasteiger partial charge in [-0.2, -0.15) is 0 Å². The molecule has 29 heavy (non-hydrogen) atoms. The van der Waals surface area contributed by atoms with Crippen molar-refractivity contribution in [2.75, 3.05) is 6.61 Å². The van der Waals surface area contributed by atoms with Crippen LogP contribution in [0.25, 0.3) is 6.08 Å². The molecule has 0 spiro atoms. The maximum atomic E-state index is 12.2. The minimum absolute atomic E-state index is 0.0924. The lowest BCUT2D eigenvalue weighted by Crippen LogP contribution is -2.32. The summed E-state index contributed by atoms with van der Waals surface area (Å²) in [7, 11) is 0. The van der Waals surface area contributed by atoms with Crippen molar-refractivity contribution in [2.24, 2.45) is 0 Å². The average molecular weight is 395 g/mol. The molecule has 1 fully saturated rings. The normalized spacial score (nSPS) is 14.8. The van der Waals surface area contributed by atoms with Gasteiger partial charge in [-0.3, -0.25) is 4.79 Å². The van der Waals surface area contributed by atoms with E-state index in [1.807, 2.05) is 38.1 Å². The Labute approximate surface area is 172 Å². The van der Waals surface area contributed by atoms with E-state index in [0.717, 1.165) is 23.2 Å². The van der Waals surface area contributed by atoms with Crippen LogP contribution < -0.4 is 5.32 Å². The van der Waals surface area contributed by atoms with Crippen LogP contribution in [0.5, 0.6) is 0 Å². The molecule has 1 aliphatic rings. The highest BCUT2D eigenvalue weighted by molar-refractivity contribution is 5.89. The Balaban J connectivity index is 1.51. The highest BCUT2D eigenvalue weighted by atomic mass is 16.5. The van der Waals surface area contributed by atoms with Crippen LogP contribution >= 0.6 is 0 Å². The van der Waals surface area contributed by atoms with Gasteiger partial charge in [0.2, 0.25) is 0 Å². The van der Waals surface area contributed by atoms with Gasteiger partial charge in [0.25, 0.3) is 5.91 Å². The summed E-state index contributed by atoms with van der Waals surface area (Å²) in [6, 6.07) is 10.7. The van der Waals surface area contributed by atoms with Crippen LogP contribution in [0.1, 0.15) is 66.3 Å². The number of carbonyl (C=O) groups excluding carboxylic acids is 2. The van der Waals surface area contributed by atoms with Gasteiger partial charge in [0, 0.05) is 23.5 Å². The fourth-order valence-electron chi connectivity index (χ4n) is 3.66. The number of carbonyl (C=O) groups is 2. The summed E-state index contributed by atoms with van der Waals surface area (Å²) < 4.78 is 7.45. The molecule has 1 aromatic carbocycles. The predicted octanol–water partition coefficient (Wildman–Crippen LogP) is 4.57. The first-order valence-corrected chi connectivity index (χ1v) is 10.3. The van der Waals surface area contributed by atoms with Gasteiger partial charge in [0.1, 0.15) is 0 Å². The van der Waals surface area contributed by atoms with E-state index in [1.54, 1.807) is 6.08 Å². The van der Waals surface area contributed by atoms with Crippen LogP contribution in [-0.4, -0.2) is 23.1 Å². The molecular weight excluding hydrogens is 364 g/mol. The summed E-state index contributed by atoms with van der Waals surface area (Å²) in [5.41, 5.74) is 5.60. The van der Waals surface area contributed by atoms with Crippen LogP contribution in [0.4, 0.5) is 0 Å². The van der Waals surface area contributed by atoms with Crippen molar-refractivity contribution in [1.82, 2.24) is 9.88 Å². The summed E-state index contributed by atoms with van der Waals surface area (Å²) in [5.74, 6) is -0.814. The molecule has 0 radical (unpaired) electrons. The van der Waals surface area contributed by atoms with Gasteiger partial charge in [-0.25, -0.2) is 4.79 Å². The second kappa shape index (κ2) is 9.12. The van der Waals surface area contributed by atoms with Crippen LogP contribution in [-0.2, 0) is 14.3 Å². The number of nitrogens with zero attached hydrogens (tertiary/aromatic N) is 1. The quantitative estimate of drug-likeness (QED) is 0.527. The van der Waals surface area contributed by atoms with Crippen molar-refractivity contribution in [1.29, 1.82) is 0 Å². The number of nitrogens with one attached hydrogen (secondary N) is 1. The first kappa shape index (κ1) is 20.9. The Bertz CT molecular complexity index is 905. The third-order valence-corrected chi connectivity index (χ3v) is 5.40. The van der Waals surface area contributed by atoms with E-state index < -0.39 is 5.97 Å². The highest BCUT2D eigenvalue weighted by Crippen LogP contribution is 2.38. The van der Waals surface area contributed by atoms with Crippen molar-refractivity contribution < 1.29 is 14.3 Å². The van der Waals surface area contributed by atoms with Crippen LogP contribution in [0.3, 0.4) is 0 Å². The second-order valence-electron chi connectivity index (χ2n) is 7.81. The molecule has 0 bridgehead atoms. The molecule has 5 nitrogen and oxygen atoms in total. The lowest BCUT2D eigenvalue weighted by molar-refractivity contribution is -0.144. The van der Waals surface area contributed by atoms with Gasteiger partial charge in [0.05, 0.1) is 6.04 Å². The molecular formula is C24H30N2O3. The van der Waals surface area contributed by atoms with Crippen molar-refractivity contribution in [3.8, 4) is 0 Å². The topological polar surface area (TPSA) is 60.3 Å². The van der Waals surface area contributed by atoms with E-state index in [4.69, 9.17) is 4.74 Å². The minimum Gasteiger partial charge on any atom is -0.452 e. The fraction of sp³-hybridized carbons (Fsp3) is 0.417. The fourth-order valence-corrected chi connectivity index (χ4v) is 3.66. The molecule has 1 aromatic heterocycles. The number of aryl methyl sites for hydroxylation is 2. The average Bonchev–Trinajstić information content (AvgIpc) is 3.49. The molecule has 154 valence electrons. The van der Waals surface area contributed by atoms with Crippen molar-refractivity contribution in [3.63, 3.8) is 0 Å². The zero-order valence-electron chi connectivity index (χ0n) is 17.7. The first-order chi connectivity index (χ1) is 13.9. The number of esters is 1. The van der Waals surface area contributed by atoms with E-state index in [2.05, 4.69) is 29.8 Å². The van der Waals surface area contributed by atoms with E-state index in [9.17, 15) is 9.59 Å². The predicted molar refractivity (Wildman–Crippen MR) is 115 cm³/mol. The van der Waals surface area contributed by atoms with Gasteiger partial charge in [-0.05, 0) is 63.3 Å². The van der Waals surface area contributed by atoms with Crippen molar-refractivity contribution in [3.05, 3.63) is 64.5 Å². The Morgan fingerprint density at radius 2 is 1.90 bits per heavy atom. The molecule has 0 saturated heterocycles. The summed E-state index contributed by atoms with van der Waals surface area (Å²) >= 11 is 0. The zero-order valence-corrected chi connectivity index (χ0v) is 17.7. The molecule has 2 aromatic rings. The Morgan fingerprint density at radius 1 is 1.21 bits per heavy atom. The molecule has 5 heteroatoms. The number of hydrogen-bond acceptors (Lipinski definition) is 3. The van der Waals surface area contributed by atoms with Crippen molar-refractivity contribution >= 4 is 18.0 Å². The summed E-state index contributed by atoms with van der Waals surface area (Å²) in [6.07, 6.45) is 6.36. The number of rotatable bonds is 8. The summed E-state index contributed by atoms with van der Waals surface area (Å²) in [6.45, 7) is 7.91. The zero-order chi connectivity index (χ0) is 21.0. The van der Waals surface area contributed by atoms with Crippen molar-refractivity contribution in [2.45, 2.75) is 59.0 Å². The maximum Gasteiger partial charge on any atom is 0.331 e. The molecule has 1 atom stereocenters. The maximum absolute atomic E-state index is 12.2. The van der Waals surface area contributed by atoms with Gasteiger partial charge < -0.3 is 14.6 Å². The molecule has 3 rings (SSSR count). The first-order valence-electron chi connectivity index (χ1n) is 10.3. The standard InChI is InChI=1S/C24H30N2O3/c1-5-22(19-8-6-16(2)7-9-19)25-23(27)15-29-24(28)13-10-20-14-17(3)26(18(20)4)21-11-12-21/h6-10,13-14,21-22H,5,11-12,15H2,1-4H3,(H,25,27)/b13-10+/t22-/m0/s1. The Morgan fingerprint density at radius 3 is 2.52 bits per heavy atom. The largest absolute Gasteiger partial charge is 0.452 e. The lowest BCUT2D eigenvalue weighted by Gasteiger charge is -2.17.